The molecule has 1 aliphatic heterocycles. The summed E-state index contributed by atoms with van der Waals surface area (Å²) in [5.74, 6) is 1.89. The van der Waals surface area contributed by atoms with Crippen LogP contribution in [0.15, 0.2) is 109 Å². The molecule has 6 rings (SSSR count). The lowest BCUT2D eigenvalue weighted by Gasteiger charge is -2.32. The van der Waals surface area contributed by atoms with E-state index in [-0.39, 0.29) is 17.5 Å². The zero-order chi connectivity index (χ0) is 34.7. The second kappa shape index (κ2) is 15.1. The van der Waals surface area contributed by atoms with Gasteiger partial charge >= 0.3 is 0 Å². The number of ether oxygens (including phenoxy) is 1. The molecule has 1 unspecified atom stereocenters. The monoisotopic (exact) mass is 708 g/mol. The summed E-state index contributed by atoms with van der Waals surface area (Å²) >= 11 is 14.8. The number of anilines is 4. The molecule has 0 saturated heterocycles. The molecule has 1 atom stereocenters. The first-order valence-corrected chi connectivity index (χ1v) is 18.2. The first kappa shape index (κ1) is 34.6. The molecule has 0 amide bonds. The van der Waals surface area contributed by atoms with E-state index in [0.29, 0.717) is 28.0 Å². The van der Waals surface area contributed by atoms with Crippen molar-refractivity contribution in [3.8, 4) is 11.5 Å². The lowest BCUT2D eigenvalue weighted by molar-refractivity contribution is -0.130. The number of fused-ring (bicyclic) bond motifs is 2. The smallest absolute Gasteiger partial charge is 0.143 e. The number of carbonyl (C=O) groups excluding carboxylic acids is 2. The third kappa shape index (κ3) is 7.23. The van der Waals surface area contributed by atoms with Gasteiger partial charge in [0.15, 0.2) is 0 Å². The Labute approximate surface area is 302 Å². The summed E-state index contributed by atoms with van der Waals surface area (Å²) in [7, 11) is 4.00. The summed E-state index contributed by atoms with van der Waals surface area (Å²) in [5, 5.41) is 1.33. The number of halogens is 2. The van der Waals surface area contributed by atoms with E-state index >= 15 is 0 Å². The quantitative estimate of drug-likeness (QED) is 0.118. The standard InChI is InChI=1S/C41H38Cl2N2O3S/c1-5-38(47)33(26(2)46)25-49-24-27-12-6-7-13-30(27)41-31-20-18-28(44(3)36-16-10-8-14-34(36)42)22-39(31)48-40-23-29(19-21-32(40)41)45(4)37-17-11-9-15-35(37)43/h6-23,33,41H,5,24-25H2,1-4H3. The highest BCUT2D eigenvalue weighted by atomic mass is 35.5. The van der Waals surface area contributed by atoms with Crippen LogP contribution in [-0.2, 0) is 15.3 Å². The topological polar surface area (TPSA) is 49.9 Å². The molecule has 8 heteroatoms. The van der Waals surface area contributed by atoms with Gasteiger partial charge in [0, 0.05) is 72.6 Å². The first-order chi connectivity index (χ1) is 23.7. The number of benzene rings is 5. The number of carbonyl (C=O) groups is 2. The van der Waals surface area contributed by atoms with Crippen molar-refractivity contribution < 1.29 is 14.3 Å². The maximum atomic E-state index is 12.5. The summed E-state index contributed by atoms with van der Waals surface area (Å²) in [4.78, 5) is 28.9. The summed E-state index contributed by atoms with van der Waals surface area (Å²) in [6.45, 7) is 3.32. The minimum Gasteiger partial charge on any atom is -0.457 e. The van der Waals surface area contributed by atoms with Gasteiger partial charge in [-0.25, -0.2) is 0 Å². The van der Waals surface area contributed by atoms with Crippen molar-refractivity contribution in [3.05, 3.63) is 141 Å². The fraction of sp³-hybridized carbons (Fsp3) is 0.220. The third-order valence-corrected chi connectivity index (χ3v) is 10.9. The molecule has 49 heavy (non-hydrogen) atoms. The minimum atomic E-state index is -0.575. The zero-order valence-corrected chi connectivity index (χ0v) is 30.3. The summed E-state index contributed by atoms with van der Waals surface area (Å²) < 4.78 is 6.76. The molecule has 0 aliphatic carbocycles. The molecule has 5 nitrogen and oxygen atoms in total. The van der Waals surface area contributed by atoms with Crippen molar-refractivity contribution in [2.45, 2.75) is 31.9 Å². The third-order valence-electron chi connectivity index (χ3n) is 9.17. The minimum absolute atomic E-state index is 0.00399. The summed E-state index contributed by atoms with van der Waals surface area (Å²) in [6, 6.07) is 36.6. The Morgan fingerprint density at radius 1 is 0.735 bits per heavy atom. The lowest BCUT2D eigenvalue weighted by atomic mass is 9.80. The van der Waals surface area contributed by atoms with Crippen LogP contribution in [0.1, 0.15) is 48.4 Å². The molecule has 0 spiro atoms. The average molecular weight is 710 g/mol. The maximum Gasteiger partial charge on any atom is 0.143 e. The fourth-order valence-corrected chi connectivity index (χ4v) is 8.16. The maximum absolute atomic E-state index is 12.5. The average Bonchev–Trinajstić information content (AvgIpc) is 3.11. The first-order valence-electron chi connectivity index (χ1n) is 16.3. The molecule has 5 aromatic carbocycles. The van der Waals surface area contributed by atoms with Crippen molar-refractivity contribution in [2.75, 3.05) is 29.6 Å². The van der Waals surface area contributed by atoms with Crippen molar-refractivity contribution in [3.63, 3.8) is 0 Å². The number of Topliss-reactive ketones (excluding diaryl/α,β-unsaturated/α-hetero) is 2. The Morgan fingerprint density at radius 3 is 1.76 bits per heavy atom. The highest BCUT2D eigenvalue weighted by molar-refractivity contribution is 7.98. The Hall–Kier alpha value is -4.23. The van der Waals surface area contributed by atoms with Crippen LogP contribution in [0.2, 0.25) is 10.0 Å². The van der Waals surface area contributed by atoms with Crippen molar-refractivity contribution in [1.82, 2.24) is 0 Å². The number of rotatable bonds is 12. The second-order valence-corrected chi connectivity index (χ2v) is 14.0. The van der Waals surface area contributed by atoms with E-state index in [1.165, 1.54) is 6.92 Å². The van der Waals surface area contributed by atoms with Gasteiger partial charge in [-0.2, -0.15) is 11.8 Å². The van der Waals surface area contributed by atoms with Crippen LogP contribution in [0.25, 0.3) is 0 Å². The zero-order valence-electron chi connectivity index (χ0n) is 28.0. The highest BCUT2D eigenvalue weighted by Gasteiger charge is 2.32. The molecular formula is C41H38Cl2N2O3S. The van der Waals surface area contributed by atoms with E-state index in [4.69, 9.17) is 27.9 Å². The van der Waals surface area contributed by atoms with E-state index in [1.54, 1.807) is 11.8 Å². The Morgan fingerprint density at radius 2 is 1.24 bits per heavy atom. The molecular weight excluding hydrogens is 671 g/mol. The van der Waals surface area contributed by atoms with Gasteiger partial charge in [0.05, 0.1) is 27.3 Å². The number of nitrogens with zero attached hydrogens (tertiary/aromatic N) is 2. The Balaban J connectivity index is 1.42. The molecule has 0 bridgehead atoms. The van der Waals surface area contributed by atoms with Gasteiger partial charge in [0.1, 0.15) is 23.1 Å². The van der Waals surface area contributed by atoms with Crippen molar-refractivity contribution in [1.29, 1.82) is 0 Å². The largest absolute Gasteiger partial charge is 0.457 e. The van der Waals surface area contributed by atoms with Crippen LogP contribution in [0.3, 0.4) is 0 Å². The van der Waals surface area contributed by atoms with Crippen LogP contribution >= 0.6 is 35.0 Å². The van der Waals surface area contributed by atoms with E-state index < -0.39 is 5.92 Å². The molecule has 0 N–H and O–H groups in total. The van der Waals surface area contributed by atoms with E-state index in [0.717, 1.165) is 56.5 Å². The van der Waals surface area contributed by atoms with Gasteiger partial charge < -0.3 is 14.5 Å². The lowest BCUT2D eigenvalue weighted by Crippen LogP contribution is -2.23. The normalized spacial score (nSPS) is 12.8. The Bertz CT molecular complexity index is 1910. The predicted octanol–water partition coefficient (Wildman–Crippen LogP) is 11.2. The molecule has 5 aromatic rings. The SMILES string of the molecule is CCC(=O)C(CSCc1ccccc1C1c2ccc(N(C)c3ccccc3Cl)cc2Oc2cc(N(C)c3ccccc3Cl)ccc21)C(C)=O. The van der Waals surface area contributed by atoms with Crippen molar-refractivity contribution in [2.24, 2.45) is 5.92 Å². The second-order valence-electron chi connectivity index (χ2n) is 12.2. The molecule has 1 heterocycles. The molecule has 0 radical (unpaired) electrons. The van der Waals surface area contributed by atoms with Gasteiger partial charge in [-0.05, 0) is 54.4 Å². The molecule has 1 aliphatic rings. The van der Waals surface area contributed by atoms with E-state index in [9.17, 15) is 9.59 Å². The number of hydrogen-bond acceptors (Lipinski definition) is 6. The molecule has 0 saturated carbocycles. The van der Waals surface area contributed by atoms with E-state index in [2.05, 4.69) is 64.4 Å². The Kier molecular flexibility index (Phi) is 10.7. The van der Waals surface area contributed by atoms with Crippen molar-refractivity contribution >= 4 is 69.3 Å². The number of hydrogen-bond donors (Lipinski definition) is 0. The number of thioether (sulfide) groups is 1. The van der Waals surface area contributed by atoms with Crippen LogP contribution in [0.5, 0.6) is 11.5 Å². The number of ketones is 2. The van der Waals surface area contributed by atoms with E-state index in [1.807, 2.05) is 75.6 Å². The van der Waals surface area contributed by atoms with Crippen LogP contribution in [-0.4, -0.2) is 31.4 Å². The predicted molar refractivity (Wildman–Crippen MR) is 205 cm³/mol. The van der Waals surface area contributed by atoms with Crippen LogP contribution in [0.4, 0.5) is 22.7 Å². The molecule has 250 valence electrons. The summed E-state index contributed by atoms with van der Waals surface area (Å²) in [5.41, 5.74) is 8.09. The molecule has 0 aromatic heterocycles. The number of para-hydroxylation sites is 2. The van der Waals surface area contributed by atoms with Crippen LogP contribution < -0.4 is 14.5 Å². The van der Waals surface area contributed by atoms with Crippen LogP contribution in [0, 0.1) is 5.92 Å². The van der Waals surface area contributed by atoms with Gasteiger partial charge in [-0.1, -0.05) is 90.8 Å². The summed E-state index contributed by atoms with van der Waals surface area (Å²) in [6.07, 6.45) is 0.359. The van der Waals surface area contributed by atoms with Gasteiger partial charge in [0.25, 0.3) is 0 Å². The molecule has 0 fully saturated rings. The van der Waals surface area contributed by atoms with Gasteiger partial charge in [-0.3, -0.25) is 9.59 Å². The van der Waals surface area contributed by atoms with Gasteiger partial charge in [0.2, 0.25) is 0 Å². The van der Waals surface area contributed by atoms with Gasteiger partial charge in [-0.15, -0.1) is 0 Å². The highest BCUT2D eigenvalue weighted by Crippen LogP contribution is 2.51. The fourth-order valence-electron chi connectivity index (χ4n) is 6.38.